The highest BCUT2D eigenvalue weighted by molar-refractivity contribution is 6.37. The van der Waals surface area contributed by atoms with Gasteiger partial charge in [-0.25, -0.2) is 4.79 Å². The lowest BCUT2D eigenvalue weighted by Gasteiger charge is -2.16. The standard InChI is InChI=1S/C15H17NO6/c1-4-19-15(17)12-8(2)13(22-16-12)9-5-10(18-3)14-11(6-9)20-7-21-14/h5-6,8,13H,4,7H2,1-3H3/t8-,13-/m0/s1. The fraction of sp³-hybridized carbons (Fsp3) is 0.467. The number of methoxy groups -OCH3 is 1. The number of oxime groups is 1. The van der Waals surface area contributed by atoms with Gasteiger partial charge in [0.1, 0.15) is 0 Å². The lowest BCUT2D eigenvalue weighted by atomic mass is 9.93. The van der Waals surface area contributed by atoms with E-state index in [9.17, 15) is 4.79 Å². The molecule has 22 heavy (non-hydrogen) atoms. The number of ether oxygens (including phenoxy) is 4. The number of hydrogen-bond donors (Lipinski definition) is 0. The molecule has 2 heterocycles. The van der Waals surface area contributed by atoms with Crippen LogP contribution >= 0.6 is 0 Å². The quantitative estimate of drug-likeness (QED) is 0.792. The van der Waals surface area contributed by atoms with Gasteiger partial charge in [-0.05, 0) is 19.1 Å². The van der Waals surface area contributed by atoms with Crippen LogP contribution in [0.15, 0.2) is 17.3 Å². The van der Waals surface area contributed by atoms with Crippen molar-refractivity contribution in [2.45, 2.75) is 20.0 Å². The van der Waals surface area contributed by atoms with Crippen LogP contribution in [0.4, 0.5) is 0 Å². The highest BCUT2D eigenvalue weighted by Gasteiger charge is 2.38. The van der Waals surface area contributed by atoms with E-state index in [4.69, 9.17) is 23.8 Å². The molecule has 0 saturated heterocycles. The molecule has 1 aromatic carbocycles. The molecule has 118 valence electrons. The molecule has 2 aliphatic rings. The van der Waals surface area contributed by atoms with Crippen LogP contribution in [0.3, 0.4) is 0 Å². The molecule has 0 amide bonds. The molecule has 0 unspecified atom stereocenters. The van der Waals surface area contributed by atoms with Crippen molar-refractivity contribution < 1.29 is 28.6 Å². The van der Waals surface area contributed by atoms with Gasteiger partial charge in [-0.3, -0.25) is 0 Å². The van der Waals surface area contributed by atoms with E-state index >= 15 is 0 Å². The Morgan fingerprint density at radius 2 is 2.23 bits per heavy atom. The molecule has 0 aromatic heterocycles. The Hall–Kier alpha value is -2.44. The first-order chi connectivity index (χ1) is 10.7. The number of fused-ring (bicyclic) bond motifs is 1. The summed E-state index contributed by atoms with van der Waals surface area (Å²) in [5, 5.41) is 3.87. The molecule has 1 aromatic rings. The summed E-state index contributed by atoms with van der Waals surface area (Å²) in [7, 11) is 1.56. The van der Waals surface area contributed by atoms with E-state index in [1.54, 1.807) is 20.1 Å². The van der Waals surface area contributed by atoms with Gasteiger partial charge < -0.3 is 23.8 Å². The number of rotatable bonds is 4. The van der Waals surface area contributed by atoms with Gasteiger partial charge >= 0.3 is 5.97 Å². The van der Waals surface area contributed by atoms with Crippen LogP contribution in [-0.4, -0.2) is 32.2 Å². The first-order valence-electron chi connectivity index (χ1n) is 7.04. The average Bonchev–Trinajstić information content (AvgIpc) is 3.12. The van der Waals surface area contributed by atoms with Crippen molar-refractivity contribution in [3.63, 3.8) is 0 Å². The third-order valence-corrected chi connectivity index (χ3v) is 3.64. The predicted octanol–water partition coefficient (Wildman–Crippen LogP) is 2.05. The van der Waals surface area contributed by atoms with Gasteiger partial charge in [0.15, 0.2) is 23.3 Å². The fourth-order valence-electron chi connectivity index (χ4n) is 2.52. The summed E-state index contributed by atoms with van der Waals surface area (Å²) in [6, 6.07) is 3.62. The van der Waals surface area contributed by atoms with Crippen LogP contribution in [0, 0.1) is 5.92 Å². The molecule has 0 radical (unpaired) electrons. The van der Waals surface area contributed by atoms with Crippen molar-refractivity contribution >= 4 is 11.7 Å². The molecule has 0 spiro atoms. The van der Waals surface area contributed by atoms with E-state index < -0.39 is 12.1 Å². The Bertz CT molecular complexity index is 627. The normalized spacial score (nSPS) is 22.0. The number of carbonyl (C=O) groups excluding carboxylic acids is 1. The summed E-state index contributed by atoms with van der Waals surface area (Å²) in [6.07, 6.45) is -0.400. The SMILES string of the molecule is CCOC(=O)C1=NO[C@H](c2cc(OC)c3c(c2)OCO3)[C@H]1C. The maximum absolute atomic E-state index is 11.8. The van der Waals surface area contributed by atoms with Crippen LogP contribution in [0.5, 0.6) is 17.2 Å². The van der Waals surface area contributed by atoms with Crippen LogP contribution in [0.25, 0.3) is 0 Å². The van der Waals surface area contributed by atoms with Gasteiger partial charge in [-0.15, -0.1) is 0 Å². The first kappa shape index (κ1) is 14.5. The van der Waals surface area contributed by atoms with E-state index in [1.807, 2.05) is 13.0 Å². The lowest BCUT2D eigenvalue weighted by molar-refractivity contribution is -0.135. The topological polar surface area (TPSA) is 75.6 Å². The first-order valence-corrected chi connectivity index (χ1v) is 7.04. The van der Waals surface area contributed by atoms with Gasteiger partial charge in [0, 0.05) is 5.56 Å². The van der Waals surface area contributed by atoms with Crippen molar-refractivity contribution in [3.05, 3.63) is 17.7 Å². The third kappa shape index (κ3) is 2.32. The Morgan fingerprint density at radius 1 is 1.41 bits per heavy atom. The zero-order chi connectivity index (χ0) is 15.7. The maximum Gasteiger partial charge on any atom is 0.356 e. The molecule has 3 rings (SSSR count). The fourth-order valence-corrected chi connectivity index (χ4v) is 2.52. The Morgan fingerprint density at radius 3 is 2.95 bits per heavy atom. The molecule has 0 saturated carbocycles. The zero-order valence-corrected chi connectivity index (χ0v) is 12.6. The Balaban J connectivity index is 1.86. The summed E-state index contributed by atoms with van der Waals surface area (Å²) in [5.41, 5.74) is 1.08. The summed E-state index contributed by atoms with van der Waals surface area (Å²) in [6.45, 7) is 4.07. The molecule has 0 N–H and O–H groups in total. The van der Waals surface area contributed by atoms with Gasteiger partial charge in [-0.1, -0.05) is 12.1 Å². The minimum atomic E-state index is -0.454. The van der Waals surface area contributed by atoms with Crippen molar-refractivity contribution in [3.8, 4) is 17.2 Å². The van der Waals surface area contributed by atoms with Crippen LogP contribution in [-0.2, 0) is 14.4 Å². The highest BCUT2D eigenvalue weighted by atomic mass is 16.7. The second-order valence-electron chi connectivity index (χ2n) is 4.97. The van der Waals surface area contributed by atoms with E-state index in [0.717, 1.165) is 5.56 Å². The second-order valence-corrected chi connectivity index (χ2v) is 4.97. The van der Waals surface area contributed by atoms with Gasteiger partial charge in [0.25, 0.3) is 0 Å². The molecule has 0 fully saturated rings. The molecular formula is C15H17NO6. The number of esters is 1. The number of carbonyl (C=O) groups is 1. The van der Waals surface area contributed by atoms with E-state index in [2.05, 4.69) is 5.16 Å². The number of hydrogen-bond acceptors (Lipinski definition) is 7. The smallest absolute Gasteiger partial charge is 0.356 e. The molecular weight excluding hydrogens is 290 g/mol. The second kappa shape index (κ2) is 5.75. The Kier molecular flexibility index (Phi) is 3.79. The molecule has 2 aliphatic heterocycles. The summed E-state index contributed by atoms with van der Waals surface area (Å²) < 4.78 is 21.1. The van der Waals surface area contributed by atoms with E-state index in [0.29, 0.717) is 23.9 Å². The van der Waals surface area contributed by atoms with Crippen molar-refractivity contribution in [1.82, 2.24) is 0 Å². The van der Waals surface area contributed by atoms with Crippen molar-refractivity contribution in [1.29, 1.82) is 0 Å². The summed E-state index contributed by atoms with van der Waals surface area (Å²) >= 11 is 0. The van der Waals surface area contributed by atoms with Crippen LogP contribution < -0.4 is 14.2 Å². The lowest BCUT2D eigenvalue weighted by Crippen LogP contribution is -2.24. The average molecular weight is 307 g/mol. The van der Waals surface area contributed by atoms with Crippen molar-refractivity contribution in [2.24, 2.45) is 11.1 Å². The van der Waals surface area contributed by atoms with E-state index in [1.165, 1.54) is 0 Å². The summed E-state index contributed by atoms with van der Waals surface area (Å²) in [4.78, 5) is 17.3. The van der Waals surface area contributed by atoms with Gasteiger partial charge in [0.2, 0.25) is 12.5 Å². The van der Waals surface area contributed by atoms with Crippen molar-refractivity contribution in [2.75, 3.05) is 20.5 Å². The predicted molar refractivity (Wildman–Crippen MR) is 76.2 cm³/mol. The van der Waals surface area contributed by atoms with Crippen LogP contribution in [0.2, 0.25) is 0 Å². The molecule has 0 aliphatic carbocycles. The molecule has 7 nitrogen and oxygen atoms in total. The molecule has 7 heteroatoms. The maximum atomic E-state index is 11.8. The summed E-state index contributed by atoms with van der Waals surface area (Å²) in [5.74, 6) is 1.04. The monoisotopic (exact) mass is 307 g/mol. The number of nitrogens with zero attached hydrogens (tertiary/aromatic N) is 1. The highest BCUT2D eigenvalue weighted by Crippen LogP contribution is 2.45. The third-order valence-electron chi connectivity index (χ3n) is 3.64. The Labute approximate surface area is 127 Å². The van der Waals surface area contributed by atoms with Gasteiger partial charge in [0.05, 0.1) is 19.6 Å². The zero-order valence-electron chi connectivity index (χ0n) is 12.6. The van der Waals surface area contributed by atoms with Crippen LogP contribution in [0.1, 0.15) is 25.5 Å². The van der Waals surface area contributed by atoms with E-state index in [-0.39, 0.29) is 18.4 Å². The molecule has 0 bridgehead atoms. The largest absolute Gasteiger partial charge is 0.493 e. The minimum absolute atomic E-state index is 0.154. The molecule has 2 atom stereocenters. The van der Waals surface area contributed by atoms with Gasteiger partial charge in [-0.2, -0.15) is 0 Å². The minimum Gasteiger partial charge on any atom is -0.493 e. The number of benzene rings is 1.